The highest BCUT2D eigenvalue weighted by atomic mass is 32.1. The summed E-state index contributed by atoms with van der Waals surface area (Å²) in [6, 6.07) is 5.71. The molecule has 19 heteroatoms. The van der Waals surface area contributed by atoms with Crippen LogP contribution in [-0.4, -0.2) is 105 Å². The number of hydrogen-bond acceptors (Lipinski definition) is 9. The first-order valence-electron chi connectivity index (χ1n) is 19.2. The lowest BCUT2D eigenvalue weighted by Gasteiger charge is -2.42. The van der Waals surface area contributed by atoms with E-state index in [1.807, 2.05) is 0 Å². The van der Waals surface area contributed by atoms with Gasteiger partial charge in [0.25, 0.3) is 5.91 Å². The number of imide groups is 1. The summed E-state index contributed by atoms with van der Waals surface area (Å²) in [4.78, 5) is 60.2. The van der Waals surface area contributed by atoms with Crippen molar-refractivity contribution < 1.29 is 45.5 Å². The molecular weight excluding hydrogens is 791 g/mol. The van der Waals surface area contributed by atoms with Crippen LogP contribution in [0.4, 0.5) is 37.8 Å². The number of anilines is 2. The molecule has 58 heavy (non-hydrogen) atoms. The molecule has 3 saturated heterocycles. The second-order valence-corrected chi connectivity index (χ2v) is 16.2. The van der Waals surface area contributed by atoms with Gasteiger partial charge in [-0.2, -0.15) is 31.6 Å². The Bertz CT molecular complexity index is 1980. The highest BCUT2D eigenvalue weighted by Crippen LogP contribution is 2.42. The zero-order chi connectivity index (χ0) is 42.2. The summed E-state index contributed by atoms with van der Waals surface area (Å²) in [6.45, 7) is 3.38. The molecule has 2 aromatic rings. The van der Waals surface area contributed by atoms with Crippen molar-refractivity contribution in [2.24, 2.45) is 5.92 Å². The van der Waals surface area contributed by atoms with E-state index in [4.69, 9.17) is 12.2 Å². The standard InChI is InChI=1S/C39H44F6N8O4S/c1-37(2)35(57)52(27-10-7-25(20-46)29(19-27)38(40,41)42)36(58)53(37)26-8-5-23(6-9-26)4-3-15-50-16-17-51(30(21-50)39(43,44)45)22-33(55)48-31-18-24(13-14-47-31)28-11-12-32(54)49-34(28)56/h7,10,13-14,18-19,23,26,28,30H,3-6,8-9,11-12,15-17,21-22H2,1-2H3,(H,47,48,55)(H,49,54,56)/t23?,26?,28?,30-/m1/s1. The molecule has 6 rings (SSSR count). The number of aromatic nitrogens is 1. The van der Waals surface area contributed by atoms with Gasteiger partial charge in [0, 0.05) is 38.3 Å². The zero-order valence-electron chi connectivity index (χ0n) is 32.0. The highest BCUT2D eigenvalue weighted by molar-refractivity contribution is 7.80. The predicted octanol–water partition coefficient (Wildman–Crippen LogP) is 5.73. The Balaban J connectivity index is 0.982. The van der Waals surface area contributed by atoms with Crippen molar-refractivity contribution in [1.29, 1.82) is 5.26 Å². The maximum Gasteiger partial charge on any atom is 0.417 e. The molecule has 1 unspecified atom stereocenters. The maximum absolute atomic E-state index is 14.3. The van der Waals surface area contributed by atoms with Gasteiger partial charge < -0.3 is 15.1 Å². The monoisotopic (exact) mass is 834 g/mol. The normalized spacial score (nSPS) is 24.8. The zero-order valence-corrected chi connectivity index (χ0v) is 32.8. The van der Waals surface area contributed by atoms with E-state index in [-0.39, 0.29) is 48.1 Å². The number of piperidine rings is 1. The molecule has 0 bridgehead atoms. The van der Waals surface area contributed by atoms with Crippen LogP contribution in [-0.2, 0) is 25.4 Å². The molecule has 2 atom stereocenters. The predicted molar refractivity (Wildman–Crippen MR) is 203 cm³/mol. The lowest BCUT2D eigenvalue weighted by molar-refractivity contribution is -0.197. The average molecular weight is 835 g/mol. The van der Waals surface area contributed by atoms with Crippen molar-refractivity contribution in [2.75, 3.05) is 42.9 Å². The molecule has 1 aromatic carbocycles. The maximum atomic E-state index is 14.3. The van der Waals surface area contributed by atoms with E-state index in [9.17, 15) is 50.8 Å². The average Bonchev–Trinajstić information content (AvgIpc) is 3.33. The van der Waals surface area contributed by atoms with Crippen LogP contribution in [0.1, 0.15) is 87.8 Å². The molecule has 2 N–H and O–H groups in total. The van der Waals surface area contributed by atoms with Crippen molar-refractivity contribution in [2.45, 2.75) is 101 Å². The summed E-state index contributed by atoms with van der Waals surface area (Å²) >= 11 is 5.70. The Hall–Kier alpha value is -4.67. The number of rotatable bonds is 10. The number of pyridine rings is 1. The van der Waals surface area contributed by atoms with Gasteiger partial charge in [-0.1, -0.05) is 0 Å². The Morgan fingerprint density at radius 2 is 1.76 bits per heavy atom. The summed E-state index contributed by atoms with van der Waals surface area (Å²) < 4.78 is 84.1. The minimum absolute atomic E-state index is 0.0215. The quantitative estimate of drug-likeness (QED) is 0.173. The van der Waals surface area contributed by atoms with Gasteiger partial charge in [0.05, 0.1) is 35.3 Å². The molecule has 12 nitrogen and oxygen atoms in total. The van der Waals surface area contributed by atoms with Gasteiger partial charge in [-0.15, -0.1) is 0 Å². The van der Waals surface area contributed by atoms with Crippen molar-refractivity contribution in [3.63, 3.8) is 0 Å². The van der Waals surface area contributed by atoms with Crippen LogP contribution in [0.3, 0.4) is 0 Å². The fourth-order valence-corrected chi connectivity index (χ4v) is 9.21. The van der Waals surface area contributed by atoms with Gasteiger partial charge in [-0.25, -0.2) is 4.98 Å². The minimum Gasteiger partial charge on any atom is -0.331 e. The fraction of sp³-hybridized carbons (Fsp3) is 0.564. The molecule has 3 aliphatic heterocycles. The first-order valence-corrected chi connectivity index (χ1v) is 19.6. The summed E-state index contributed by atoms with van der Waals surface area (Å²) in [5.74, 6) is -2.20. The summed E-state index contributed by atoms with van der Waals surface area (Å²) in [7, 11) is 0. The van der Waals surface area contributed by atoms with Crippen LogP contribution < -0.4 is 15.5 Å². The van der Waals surface area contributed by atoms with Gasteiger partial charge >= 0.3 is 12.4 Å². The molecule has 4 heterocycles. The van der Waals surface area contributed by atoms with Gasteiger partial charge in [-0.05, 0) is 119 Å². The van der Waals surface area contributed by atoms with E-state index in [0.717, 1.165) is 41.2 Å². The lowest BCUT2D eigenvalue weighted by Crippen LogP contribution is -2.60. The molecular formula is C39H44F6N8O4S. The summed E-state index contributed by atoms with van der Waals surface area (Å²) in [5, 5.41) is 14.1. The smallest absolute Gasteiger partial charge is 0.331 e. The molecule has 1 aromatic heterocycles. The van der Waals surface area contributed by atoms with Gasteiger partial charge in [0.2, 0.25) is 17.7 Å². The van der Waals surface area contributed by atoms with Gasteiger partial charge in [-0.3, -0.25) is 34.3 Å². The number of amides is 4. The van der Waals surface area contributed by atoms with E-state index in [0.29, 0.717) is 50.3 Å². The van der Waals surface area contributed by atoms with Crippen LogP contribution >= 0.6 is 12.2 Å². The third-order valence-corrected chi connectivity index (χ3v) is 12.1. The third kappa shape index (κ3) is 9.29. The number of carbonyl (C=O) groups is 4. The van der Waals surface area contributed by atoms with Crippen molar-refractivity contribution in [3.05, 3.63) is 53.2 Å². The molecule has 4 amide bonds. The Morgan fingerprint density at radius 3 is 2.41 bits per heavy atom. The van der Waals surface area contributed by atoms with Crippen molar-refractivity contribution in [1.82, 2.24) is 25.0 Å². The van der Waals surface area contributed by atoms with Crippen LogP contribution in [0.25, 0.3) is 0 Å². The van der Waals surface area contributed by atoms with Crippen molar-refractivity contribution >= 4 is 52.5 Å². The molecule has 312 valence electrons. The lowest BCUT2D eigenvalue weighted by atomic mass is 9.82. The molecule has 0 spiro atoms. The van der Waals surface area contributed by atoms with Crippen LogP contribution in [0.5, 0.6) is 0 Å². The highest BCUT2D eigenvalue weighted by Gasteiger charge is 2.53. The number of alkyl halides is 6. The summed E-state index contributed by atoms with van der Waals surface area (Å²) in [6.07, 6.45) is -3.20. The van der Waals surface area contributed by atoms with Gasteiger partial charge in [0.1, 0.15) is 17.4 Å². The van der Waals surface area contributed by atoms with Crippen LogP contribution in [0, 0.1) is 17.2 Å². The Labute approximate surface area is 336 Å². The fourth-order valence-electron chi connectivity index (χ4n) is 8.64. The van der Waals surface area contributed by atoms with E-state index >= 15 is 0 Å². The number of benzene rings is 1. The number of nitrogens with zero attached hydrogens (tertiary/aromatic N) is 6. The van der Waals surface area contributed by atoms with E-state index in [1.165, 1.54) is 18.3 Å². The first-order chi connectivity index (χ1) is 27.3. The number of halogens is 6. The largest absolute Gasteiger partial charge is 0.417 e. The summed E-state index contributed by atoms with van der Waals surface area (Å²) in [5.41, 5.74) is -2.36. The second-order valence-electron chi connectivity index (χ2n) is 15.9. The van der Waals surface area contributed by atoms with Crippen LogP contribution in [0.2, 0.25) is 0 Å². The Morgan fingerprint density at radius 1 is 1.03 bits per heavy atom. The van der Waals surface area contributed by atoms with Gasteiger partial charge in [0.15, 0.2) is 5.11 Å². The number of thiocarbonyl (C=S) groups is 1. The first kappa shape index (κ1) is 42.9. The molecule has 1 aliphatic carbocycles. The molecule has 4 fully saturated rings. The Kier molecular flexibility index (Phi) is 12.5. The van der Waals surface area contributed by atoms with E-state index < -0.39 is 65.2 Å². The number of nitriles is 1. The molecule has 0 radical (unpaired) electrons. The number of piperazine rings is 1. The van der Waals surface area contributed by atoms with E-state index in [2.05, 4.69) is 15.6 Å². The topological polar surface area (TPSA) is 142 Å². The number of nitrogens with one attached hydrogen (secondary N) is 2. The second kappa shape index (κ2) is 16.9. The number of carbonyl (C=O) groups excluding carboxylic acids is 4. The SMILES string of the molecule is CC1(C)C(=O)N(c2ccc(C#N)c(C(F)(F)F)c2)C(=S)N1C1CCC(CCCN2CCN(CC(=O)Nc3cc(C4CCC(=O)NC4=O)ccn3)[C@@H](C(F)(F)F)C2)CC1. The van der Waals surface area contributed by atoms with Crippen LogP contribution in [0.15, 0.2) is 36.5 Å². The molecule has 1 saturated carbocycles. The third-order valence-electron chi connectivity index (χ3n) is 11.7. The number of hydrogen-bond donors (Lipinski definition) is 2. The van der Waals surface area contributed by atoms with E-state index in [1.54, 1.807) is 35.8 Å². The van der Waals surface area contributed by atoms with Crippen molar-refractivity contribution in [3.8, 4) is 6.07 Å². The molecule has 4 aliphatic rings. The minimum atomic E-state index is -4.80.